The molecule has 0 aliphatic carbocycles. The standard InChI is InChI=1S/C18H15F15O/c1-3-9-5-4-6-10(7-9)11(34-2)8-12(19,20)13(21,22)14(23,24)15(25,26)16(27,28)17(29,30)18(31,32)33/h4-7,11H,3,8H2,1-2H3. The summed E-state index contributed by atoms with van der Waals surface area (Å²) in [7, 11) is 0.613. The Morgan fingerprint density at radius 1 is 0.676 bits per heavy atom. The van der Waals surface area contributed by atoms with Gasteiger partial charge in [0.05, 0.1) is 6.10 Å². The lowest BCUT2D eigenvalue weighted by Crippen LogP contribution is -2.72. The van der Waals surface area contributed by atoms with Crippen molar-refractivity contribution in [1.82, 2.24) is 0 Å². The van der Waals surface area contributed by atoms with E-state index in [1.54, 1.807) is 6.92 Å². The van der Waals surface area contributed by atoms with E-state index in [9.17, 15) is 65.9 Å². The summed E-state index contributed by atoms with van der Waals surface area (Å²) in [6.07, 6.45) is -12.2. The Kier molecular flexibility index (Phi) is 7.96. The van der Waals surface area contributed by atoms with Crippen molar-refractivity contribution >= 4 is 0 Å². The lowest BCUT2D eigenvalue weighted by molar-refractivity contribution is -0.453. The summed E-state index contributed by atoms with van der Waals surface area (Å²) < 4.78 is 204. The van der Waals surface area contributed by atoms with Crippen molar-refractivity contribution in [1.29, 1.82) is 0 Å². The minimum atomic E-state index is -8.29. The van der Waals surface area contributed by atoms with E-state index < -0.39 is 54.2 Å². The second-order valence-corrected chi connectivity index (χ2v) is 7.10. The van der Waals surface area contributed by atoms with Crippen LogP contribution in [0.15, 0.2) is 24.3 Å². The van der Waals surface area contributed by atoms with Gasteiger partial charge in [0.2, 0.25) is 0 Å². The fourth-order valence-electron chi connectivity index (χ4n) is 2.71. The molecule has 198 valence electrons. The van der Waals surface area contributed by atoms with Crippen LogP contribution in [0.2, 0.25) is 0 Å². The van der Waals surface area contributed by atoms with Crippen molar-refractivity contribution in [3.63, 3.8) is 0 Å². The van der Waals surface area contributed by atoms with Crippen LogP contribution in [0.1, 0.15) is 30.6 Å². The third-order valence-electron chi connectivity index (χ3n) is 4.85. The summed E-state index contributed by atoms with van der Waals surface area (Å²) in [5.74, 6) is -46.5. The highest BCUT2D eigenvalue weighted by molar-refractivity contribution is 5.26. The number of aryl methyl sites for hydroxylation is 1. The van der Waals surface area contributed by atoms with Crippen LogP contribution in [0.3, 0.4) is 0 Å². The van der Waals surface area contributed by atoms with E-state index in [-0.39, 0.29) is 12.0 Å². The maximum absolute atomic E-state index is 14.2. The summed E-state index contributed by atoms with van der Waals surface area (Å²) in [5, 5.41) is 0. The zero-order valence-electron chi connectivity index (χ0n) is 16.9. The molecule has 0 spiro atoms. The molecule has 0 aromatic heterocycles. The van der Waals surface area contributed by atoms with E-state index in [2.05, 4.69) is 4.74 Å². The second kappa shape index (κ2) is 8.97. The molecular weight excluding hydrogens is 517 g/mol. The first kappa shape index (κ1) is 30.2. The minimum Gasteiger partial charge on any atom is -0.377 e. The topological polar surface area (TPSA) is 9.23 Å². The number of benzene rings is 1. The molecule has 0 fully saturated rings. The Labute approximate surface area is 181 Å². The Bertz CT molecular complexity index is 844. The van der Waals surface area contributed by atoms with Gasteiger partial charge in [0.25, 0.3) is 0 Å². The van der Waals surface area contributed by atoms with Gasteiger partial charge in [-0.05, 0) is 17.5 Å². The molecule has 1 aromatic rings. The molecule has 0 heterocycles. The van der Waals surface area contributed by atoms with Gasteiger partial charge in [0.1, 0.15) is 0 Å². The van der Waals surface area contributed by atoms with Gasteiger partial charge >= 0.3 is 41.7 Å². The fourth-order valence-corrected chi connectivity index (χ4v) is 2.71. The normalized spacial score (nSPS) is 16.0. The molecular formula is C18H15F15O. The molecule has 0 saturated carbocycles. The molecule has 1 unspecified atom stereocenters. The first-order chi connectivity index (χ1) is 15.0. The van der Waals surface area contributed by atoms with E-state index in [4.69, 9.17) is 0 Å². The first-order valence-corrected chi connectivity index (χ1v) is 8.91. The van der Waals surface area contributed by atoms with Crippen LogP contribution >= 0.6 is 0 Å². The van der Waals surface area contributed by atoms with Gasteiger partial charge in [-0.1, -0.05) is 31.2 Å². The molecule has 34 heavy (non-hydrogen) atoms. The molecule has 0 aliphatic heterocycles. The average Bonchev–Trinajstić information content (AvgIpc) is 2.70. The van der Waals surface area contributed by atoms with Crippen LogP contribution in [0.4, 0.5) is 65.9 Å². The van der Waals surface area contributed by atoms with Crippen LogP contribution in [0, 0.1) is 0 Å². The fraction of sp³-hybridized carbons (Fsp3) is 0.667. The largest absolute Gasteiger partial charge is 0.460 e. The van der Waals surface area contributed by atoms with Crippen LogP contribution in [0.25, 0.3) is 0 Å². The van der Waals surface area contributed by atoms with Crippen LogP contribution < -0.4 is 0 Å². The van der Waals surface area contributed by atoms with Crippen LogP contribution in [-0.4, -0.2) is 48.8 Å². The summed E-state index contributed by atoms with van der Waals surface area (Å²) in [5.41, 5.74) is 0.0295. The number of rotatable bonds is 10. The van der Waals surface area contributed by atoms with Crippen LogP contribution in [0.5, 0.6) is 0 Å². The number of hydrogen-bond acceptors (Lipinski definition) is 1. The predicted molar refractivity (Wildman–Crippen MR) is 85.9 cm³/mol. The lowest BCUT2D eigenvalue weighted by Gasteiger charge is -2.42. The van der Waals surface area contributed by atoms with Gasteiger partial charge in [-0.2, -0.15) is 65.9 Å². The van der Waals surface area contributed by atoms with Crippen molar-refractivity contribution in [2.45, 2.75) is 67.6 Å². The lowest BCUT2D eigenvalue weighted by atomic mass is 9.88. The Morgan fingerprint density at radius 3 is 1.53 bits per heavy atom. The summed E-state index contributed by atoms with van der Waals surface area (Å²) in [6.45, 7) is 1.56. The molecule has 0 aliphatic rings. The van der Waals surface area contributed by atoms with Crippen molar-refractivity contribution in [3.05, 3.63) is 35.4 Å². The number of ether oxygens (including phenoxy) is 1. The van der Waals surface area contributed by atoms with Gasteiger partial charge in [0.15, 0.2) is 0 Å². The summed E-state index contributed by atoms with van der Waals surface area (Å²) in [6, 6.07) is 4.67. The Balaban J connectivity index is 3.50. The van der Waals surface area contributed by atoms with Gasteiger partial charge in [-0.25, -0.2) is 0 Å². The van der Waals surface area contributed by atoms with Crippen molar-refractivity contribution in [2.75, 3.05) is 7.11 Å². The minimum absolute atomic E-state index is 0.254. The molecule has 0 radical (unpaired) electrons. The van der Waals surface area contributed by atoms with Gasteiger partial charge in [-0.15, -0.1) is 0 Å². The smallest absolute Gasteiger partial charge is 0.377 e. The molecule has 0 saturated heterocycles. The van der Waals surface area contributed by atoms with E-state index >= 15 is 0 Å². The van der Waals surface area contributed by atoms with Gasteiger partial charge in [-0.3, -0.25) is 0 Å². The third-order valence-corrected chi connectivity index (χ3v) is 4.85. The summed E-state index contributed by atoms with van der Waals surface area (Å²) in [4.78, 5) is 0. The molecule has 0 bridgehead atoms. The maximum Gasteiger partial charge on any atom is 0.460 e. The van der Waals surface area contributed by atoms with E-state index in [1.807, 2.05) is 0 Å². The van der Waals surface area contributed by atoms with Crippen LogP contribution in [-0.2, 0) is 11.2 Å². The highest BCUT2D eigenvalue weighted by Crippen LogP contribution is 2.63. The maximum atomic E-state index is 14.2. The first-order valence-electron chi connectivity index (χ1n) is 8.91. The molecule has 16 heteroatoms. The highest BCUT2D eigenvalue weighted by atomic mass is 19.4. The Hall–Kier alpha value is -1.87. The Morgan fingerprint density at radius 2 is 1.12 bits per heavy atom. The zero-order valence-corrected chi connectivity index (χ0v) is 16.9. The summed E-state index contributed by atoms with van der Waals surface area (Å²) >= 11 is 0. The molecule has 1 nitrogen and oxygen atoms in total. The van der Waals surface area contributed by atoms with Gasteiger partial charge in [0, 0.05) is 13.5 Å². The second-order valence-electron chi connectivity index (χ2n) is 7.10. The van der Waals surface area contributed by atoms with Crippen molar-refractivity contribution in [3.8, 4) is 0 Å². The third kappa shape index (κ3) is 4.53. The van der Waals surface area contributed by atoms with Gasteiger partial charge < -0.3 is 4.74 Å². The predicted octanol–water partition coefficient (Wildman–Crippen LogP) is 7.70. The number of methoxy groups -OCH3 is 1. The monoisotopic (exact) mass is 532 g/mol. The zero-order chi connectivity index (χ0) is 27.2. The van der Waals surface area contributed by atoms with E-state index in [0.29, 0.717) is 12.7 Å². The number of alkyl halides is 15. The quantitative estimate of drug-likeness (QED) is 0.281. The van der Waals surface area contributed by atoms with Crippen molar-refractivity contribution < 1.29 is 70.6 Å². The molecule has 0 amide bonds. The highest BCUT2D eigenvalue weighted by Gasteiger charge is 2.93. The van der Waals surface area contributed by atoms with Crippen molar-refractivity contribution in [2.24, 2.45) is 0 Å². The number of halogens is 15. The average molecular weight is 532 g/mol. The molecule has 1 aromatic carbocycles. The molecule has 1 rings (SSSR count). The molecule has 1 atom stereocenters. The molecule has 0 N–H and O–H groups in total. The van der Waals surface area contributed by atoms with E-state index in [1.165, 1.54) is 12.1 Å². The SMILES string of the molecule is CCc1cccc(C(CC(F)(F)C(F)(F)C(F)(F)C(F)(F)C(F)(F)C(F)(F)C(F)(F)F)OC)c1. The number of hydrogen-bond donors (Lipinski definition) is 0. The van der Waals surface area contributed by atoms with E-state index in [0.717, 1.165) is 12.1 Å².